The molecule has 3 N–H and O–H groups in total. The van der Waals surface area contributed by atoms with Crippen molar-refractivity contribution in [2.75, 3.05) is 27.3 Å². The van der Waals surface area contributed by atoms with Crippen LogP contribution in [0.25, 0.3) is 0 Å². The lowest BCUT2D eigenvalue weighted by atomic mass is 10.3. The predicted molar refractivity (Wildman–Crippen MR) is 51.9 cm³/mol. The van der Waals surface area contributed by atoms with Crippen LogP contribution in [0.3, 0.4) is 0 Å². The van der Waals surface area contributed by atoms with Crippen molar-refractivity contribution < 1.29 is 14.3 Å². The molecule has 14 heavy (non-hydrogen) atoms. The minimum Gasteiger partial charge on any atom is -0.383 e. The lowest BCUT2D eigenvalue weighted by molar-refractivity contribution is -0.122. The van der Waals surface area contributed by atoms with E-state index < -0.39 is 6.04 Å². The van der Waals surface area contributed by atoms with Crippen LogP contribution in [0.15, 0.2) is 0 Å². The summed E-state index contributed by atoms with van der Waals surface area (Å²) in [5.74, 6) is -0.231. The summed E-state index contributed by atoms with van der Waals surface area (Å²) in [5.41, 5.74) is 0. The van der Waals surface area contributed by atoms with Gasteiger partial charge in [-0.3, -0.25) is 4.79 Å². The topological polar surface area (TPSA) is 79.5 Å². The molecule has 6 nitrogen and oxygen atoms in total. The number of carbonyl (C=O) groups excluding carboxylic acids is 2. The van der Waals surface area contributed by atoms with E-state index in [1.54, 1.807) is 14.0 Å². The molecule has 0 heterocycles. The second-order valence-electron chi connectivity index (χ2n) is 2.73. The largest absolute Gasteiger partial charge is 0.383 e. The van der Waals surface area contributed by atoms with Crippen molar-refractivity contribution in [3.63, 3.8) is 0 Å². The first-order chi connectivity index (χ1) is 6.61. The zero-order valence-corrected chi connectivity index (χ0v) is 8.72. The van der Waals surface area contributed by atoms with Gasteiger partial charge in [-0.15, -0.1) is 0 Å². The molecule has 82 valence electrons. The number of hydrogen-bond donors (Lipinski definition) is 3. The van der Waals surface area contributed by atoms with Crippen LogP contribution in [0.2, 0.25) is 0 Å². The van der Waals surface area contributed by atoms with E-state index in [2.05, 4.69) is 16.0 Å². The molecule has 0 aromatic carbocycles. The number of ether oxygens (including phenoxy) is 1. The van der Waals surface area contributed by atoms with Crippen molar-refractivity contribution in [2.24, 2.45) is 0 Å². The monoisotopic (exact) mass is 203 g/mol. The summed E-state index contributed by atoms with van der Waals surface area (Å²) in [5, 5.41) is 7.42. The van der Waals surface area contributed by atoms with Crippen LogP contribution in [-0.2, 0) is 9.53 Å². The summed E-state index contributed by atoms with van der Waals surface area (Å²) < 4.78 is 4.76. The third kappa shape index (κ3) is 5.36. The van der Waals surface area contributed by atoms with Gasteiger partial charge in [0.15, 0.2) is 0 Å². The number of urea groups is 1. The van der Waals surface area contributed by atoms with Gasteiger partial charge in [-0.2, -0.15) is 0 Å². The van der Waals surface area contributed by atoms with Gasteiger partial charge >= 0.3 is 6.03 Å². The Morgan fingerprint density at radius 3 is 2.57 bits per heavy atom. The fraction of sp³-hybridized carbons (Fsp3) is 0.750. The maximum Gasteiger partial charge on any atom is 0.315 e. The van der Waals surface area contributed by atoms with Gasteiger partial charge in [0.25, 0.3) is 0 Å². The molecule has 0 aliphatic heterocycles. The van der Waals surface area contributed by atoms with Crippen LogP contribution in [0.4, 0.5) is 4.79 Å². The third-order valence-corrected chi connectivity index (χ3v) is 1.57. The maximum atomic E-state index is 11.3. The molecule has 0 fully saturated rings. The molecular weight excluding hydrogens is 186 g/mol. The van der Waals surface area contributed by atoms with Gasteiger partial charge in [-0.25, -0.2) is 4.79 Å². The molecule has 0 radical (unpaired) electrons. The first-order valence-electron chi connectivity index (χ1n) is 4.36. The van der Waals surface area contributed by atoms with Crippen molar-refractivity contribution in [3.05, 3.63) is 0 Å². The van der Waals surface area contributed by atoms with E-state index in [9.17, 15) is 9.59 Å². The quantitative estimate of drug-likeness (QED) is 0.505. The van der Waals surface area contributed by atoms with E-state index in [1.165, 1.54) is 7.05 Å². The van der Waals surface area contributed by atoms with Crippen molar-refractivity contribution in [3.8, 4) is 0 Å². The van der Waals surface area contributed by atoms with Crippen LogP contribution in [0, 0.1) is 0 Å². The number of nitrogens with one attached hydrogen (secondary N) is 3. The van der Waals surface area contributed by atoms with E-state index >= 15 is 0 Å². The Morgan fingerprint density at radius 2 is 2.07 bits per heavy atom. The Morgan fingerprint density at radius 1 is 1.43 bits per heavy atom. The van der Waals surface area contributed by atoms with Crippen molar-refractivity contribution in [1.29, 1.82) is 0 Å². The summed E-state index contributed by atoms with van der Waals surface area (Å²) in [4.78, 5) is 22.1. The second-order valence-corrected chi connectivity index (χ2v) is 2.73. The Kier molecular flexibility index (Phi) is 6.47. The van der Waals surface area contributed by atoms with Gasteiger partial charge in [0, 0.05) is 20.7 Å². The van der Waals surface area contributed by atoms with E-state index in [4.69, 9.17) is 4.74 Å². The molecule has 1 unspecified atom stereocenters. The van der Waals surface area contributed by atoms with E-state index in [0.29, 0.717) is 13.2 Å². The lowest BCUT2D eigenvalue weighted by Crippen LogP contribution is -2.48. The Hall–Kier alpha value is -1.30. The molecule has 0 aromatic rings. The molecule has 0 bridgehead atoms. The fourth-order valence-electron chi connectivity index (χ4n) is 0.764. The van der Waals surface area contributed by atoms with Gasteiger partial charge in [-0.1, -0.05) is 0 Å². The molecule has 0 saturated heterocycles. The molecule has 0 aliphatic rings. The lowest BCUT2D eigenvalue weighted by Gasteiger charge is -2.13. The van der Waals surface area contributed by atoms with Gasteiger partial charge in [0.05, 0.1) is 6.61 Å². The van der Waals surface area contributed by atoms with E-state index in [-0.39, 0.29) is 11.9 Å². The zero-order valence-electron chi connectivity index (χ0n) is 8.72. The molecular formula is C8H17N3O3. The highest BCUT2D eigenvalue weighted by Crippen LogP contribution is 1.81. The SMILES string of the molecule is CNC(=O)NC(C)C(=O)NCCOC. The van der Waals surface area contributed by atoms with Crippen molar-refractivity contribution in [1.82, 2.24) is 16.0 Å². The molecule has 0 aromatic heterocycles. The smallest absolute Gasteiger partial charge is 0.315 e. The number of carbonyl (C=O) groups is 2. The van der Waals surface area contributed by atoms with Crippen LogP contribution in [0.5, 0.6) is 0 Å². The summed E-state index contributed by atoms with van der Waals surface area (Å²) in [6, 6.07) is -0.925. The van der Waals surface area contributed by atoms with Crippen LogP contribution in [0.1, 0.15) is 6.92 Å². The van der Waals surface area contributed by atoms with Crippen molar-refractivity contribution in [2.45, 2.75) is 13.0 Å². The second kappa shape index (κ2) is 7.14. The van der Waals surface area contributed by atoms with Crippen LogP contribution >= 0.6 is 0 Å². The summed E-state index contributed by atoms with van der Waals surface area (Å²) in [7, 11) is 3.04. The summed E-state index contributed by atoms with van der Waals surface area (Å²) in [6.45, 7) is 2.50. The number of methoxy groups -OCH3 is 1. The molecule has 0 aliphatic carbocycles. The van der Waals surface area contributed by atoms with E-state index in [1.807, 2.05) is 0 Å². The fourth-order valence-corrected chi connectivity index (χ4v) is 0.764. The Balaban J connectivity index is 3.70. The van der Waals surface area contributed by atoms with Gasteiger partial charge in [0.1, 0.15) is 6.04 Å². The van der Waals surface area contributed by atoms with Gasteiger partial charge in [0.2, 0.25) is 5.91 Å². The van der Waals surface area contributed by atoms with Crippen LogP contribution < -0.4 is 16.0 Å². The summed E-state index contributed by atoms with van der Waals surface area (Å²) >= 11 is 0. The predicted octanol–water partition coefficient (Wildman–Crippen LogP) is -0.933. The number of hydrogen-bond acceptors (Lipinski definition) is 3. The standard InChI is InChI=1S/C8H17N3O3/c1-6(11-8(13)9-2)7(12)10-4-5-14-3/h6H,4-5H2,1-3H3,(H,10,12)(H2,9,11,13). The maximum absolute atomic E-state index is 11.3. The molecule has 0 saturated carbocycles. The van der Waals surface area contributed by atoms with E-state index in [0.717, 1.165) is 0 Å². The first kappa shape index (κ1) is 12.7. The minimum absolute atomic E-state index is 0.231. The normalized spacial score (nSPS) is 11.6. The third-order valence-electron chi connectivity index (χ3n) is 1.57. The molecule has 0 spiro atoms. The average molecular weight is 203 g/mol. The molecule has 3 amide bonds. The Labute approximate surface area is 83.4 Å². The molecule has 1 atom stereocenters. The van der Waals surface area contributed by atoms with Gasteiger partial charge < -0.3 is 20.7 Å². The summed E-state index contributed by atoms with van der Waals surface area (Å²) in [6.07, 6.45) is 0. The molecule has 6 heteroatoms. The van der Waals surface area contributed by atoms with Gasteiger partial charge in [-0.05, 0) is 6.92 Å². The average Bonchev–Trinajstić information content (AvgIpc) is 2.17. The highest BCUT2D eigenvalue weighted by Gasteiger charge is 2.13. The highest BCUT2D eigenvalue weighted by atomic mass is 16.5. The molecule has 0 rings (SSSR count). The number of amides is 3. The van der Waals surface area contributed by atoms with Crippen molar-refractivity contribution >= 4 is 11.9 Å². The van der Waals surface area contributed by atoms with Crippen LogP contribution in [-0.4, -0.2) is 45.3 Å². The highest BCUT2D eigenvalue weighted by molar-refractivity contribution is 5.86. The minimum atomic E-state index is -0.549. The Bertz CT molecular complexity index is 196. The number of rotatable bonds is 5. The zero-order chi connectivity index (χ0) is 11.0. The first-order valence-corrected chi connectivity index (χ1v) is 4.36.